The first-order valence-electron chi connectivity index (χ1n) is 7.21. The van der Waals surface area contributed by atoms with Crippen LogP contribution in [0.15, 0.2) is 24.3 Å². The number of hydrogen-bond acceptors (Lipinski definition) is 5. The lowest BCUT2D eigenvalue weighted by molar-refractivity contribution is -0.125. The fraction of sp³-hybridized carbons (Fsp3) is 0.467. The molecule has 23 heavy (non-hydrogen) atoms. The average Bonchev–Trinajstić information content (AvgIpc) is 2.50. The molecule has 0 saturated carbocycles. The molecule has 2 unspecified atom stereocenters. The molecule has 0 bridgehead atoms. The van der Waals surface area contributed by atoms with Gasteiger partial charge in [-0.15, -0.1) is 0 Å². The van der Waals surface area contributed by atoms with Crippen molar-refractivity contribution >= 4 is 23.4 Å². The number of rotatable bonds is 9. The van der Waals surface area contributed by atoms with Crippen molar-refractivity contribution in [3.63, 3.8) is 0 Å². The van der Waals surface area contributed by atoms with Crippen LogP contribution in [0.2, 0.25) is 5.02 Å². The highest BCUT2D eigenvalue weighted by molar-refractivity contribution is 6.32. The van der Waals surface area contributed by atoms with Gasteiger partial charge in [0.2, 0.25) is 11.8 Å². The predicted molar refractivity (Wildman–Crippen MR) is 87.2 cm³/mol. The van der Waals surface area contributed by atoms with Crippen molar-refractivity contribution in [2.75, 3.05) is 19.7 Å². The van der Waals surface area contributed by atoms with Gasteiger partial charge < -0.3 is 20.5 Å². The van der Waals surface area contributed by atoms with Crippen LogP contribution >= 0.6 is 11.6 Å². The molecule has 8 heteroatoms. The topological polar surface area (TPSA) is 99.7 Å². The predicted octanol–water partition coefficient (Wildman–Crippen LogP) is 0.268. The third kappa shape index (κ3) is 8.39. The molecule has 0 radical (unpaired) electrons. The summed E-state index contributed by atoms with van der Waals surface area (Å²) in [5.41, 5.74) is 0. The minimum atomic E-state index is -0.763. The molecule has 7 nitrogen and oxygen atoms in total. The Balaban J connectivity index is 2.22. The van der Waals surface area contributed by atoms with E-state index in [2.05, 4.69) is 16.0 Å². The molecule has 128 valence electrons. The molecule has 0 aliphatic rings. The first-order chi connectivity index (χ1) is 10.9. The Labute approximate surface area is 140 Å². The number of hydrogen-bond donors (Lipinski definition) is 4. The number of aliphatic hydroxyl groups is 1. The molecule has 4 N–H and O–H groups in total. The molecule has 0 saturated heterocycles. The summed E-state index contributed by atoms with van der Waals surface area (Å²) >= 11 is 5.94. The second-order valence-corrected chi connectivity index (χ2v) is 5.41. The van der Waals surface area contributed by atoms with Gasteiger partial charge in [-0.3, -0.25) is 14.9 Å². The Morgan fingerprint density at radius 3 is 2.70 bits per heavy atom. The van der Waals surface area contributed by atoms with Crippen LogP contribution < -0.4 is 20.7 Å². The van der Waals surface area contributed by atoms with Gasteiger partial charge in [0.15, 0.2) is 0 Å². The Morgan fingerprint density at radius 2 is 2.04 bits per heavy atom. The highest BCUT2D eigenvalue weighted by atomic mass is 35.5. The van der Waals surface area contributed by atoms with Gasteiger partial charge in [0.1, 0.15) is 18.5 Å². The number of benzene rings is 1. The summed E-state index contributed by atoms with van der Waals surface area (Å²) in [5, 5.41) is 18.3. The van der Waals surface area contributed by atoms with Gasteiger partial charge in [-0.1, -0.05) is 23.7 Å². The van der Waals surface area contributed by atoms with E-state index in [0.717, 1.165) is 0 Å². The van der Waals surface area contributed by atoms with Crippen molar-refractivity contribution in [3.05, 3.63) is 29.3 Å². The highest BCUT2D eigenvalue weighted by Crippen LogP contribution is 2.22. The van der Waals surface area contributed by atoms with Crippen molar-refractivity contribution in [1.82, 2.24) is 16.0 Å². The maximum Gasteiger partial charge on any atom is 0.240 e. The zero-order valence-electron chi connectivity index (χ0n) is 13.1. The van der Waals surface area contributed by atoms with Gasteiger partial charge in [-0.05, 0) is 19.1 Å². The molecule has 0 heterocycles. The molecule has 0 aliphatic heterocycles. The van der Waals surface area contributed by atoms with E-state index in [0.29, 0.717) is 10.8 Å². The summed E-state index contributed by atoms with van der Waals surface area (Å²) in [6.07, 6.45) is -1.12. The van der Waals surface area contributed by atoms with Crippen LogP contribution in [0.3, 0.4) is 0 Å². The molecular weight excluding hydrogens is 322 g/mol. The van der Waals surface area contributed by atoms with Crippen LogP contribution in [-0.2, 0) is 9.59 Å². The number of ether oxygens (including phenoxy) is 1. The molecule has 1 aromatic carbocycles. The first kappa shape index (κ1) is 19.2. The van der Waals surface area contributed by atoms with Crippen molar-refractivity contribution in [3.8, 4) is 5.75 Å². The quantitative estimate of drug-likeness (QED) is 0.482. The summed E-state index contributed by atoms with van der Waals surface area (Å²) in [6, 6.07) is 7.00. The molecule has 1 aromatic rings. The van der Waals surface area contributed by atoms with Crippen LogP contribution in [0.4, 0.5) is 0 Å². The number of aliphatic hydroxyl groups excluding tert-OH is 1. The van der Waals surface area contributed by atoms with E-state index >= 15 is 0 Å². The number of amides is 2. The highest BCUT2D eigenvalue weighted by Gasteiger charge is 2.11. The lowest BCUT2D eigenvalue weighted by Gasteiger charge is -2.19. The molecule has 1 rings (SSSR count). The van der Waals surface area contributed by atoms with E-state index in [4.69, 9.17) is 16.3 Å². The molecule has 2 atom stereocenters. The van der Waals surface area contributed by atoms with E-state index in [1.165, 1.54) is 6.92 Å². The van der Waals surface area contributed by atoms with E-state index in [1.807, 2.05) is 0 Å². The average molecular weight is 344 g/mol. The number of halogens is 1. The third-order valence-electron chi connectivity index (χ3n) is 2.80. The molecule has 0 fully saturated rings. The molecule has 0 spiro atoms. The lowest BCUT2D eigenvalue weighted by Crippen LogP contribution is -2.49. The van der Waals surface area contributed by atoms with Crippen molar-refractivity contribution < 1.29 is 19.4 Å². The number of carbonyl (C=O) groups is 2. The second-order valence-electron chi connectivity index (χ2n) is 5.00. The van der Waals surface area contributed by atoms with Crippen molar-refractivity contribution in [1.29, 1.82) is 0 Å². The second kappa shape index (κ2) is 10.0. The fourth-order valence-electron chi connectivity index (χ4n) is 1.67. The first-order valence-corrected chi connectivity index (χ1v) is 7.59. The SMILES string of the molecule is CC(=O)NCC(=O)NC(C)NCC(O)COc1ccccc1Cl. The van der Waals surface area contributed by atoms with E-state index in [9.17, 15) is 14.7 Å². The van der Waals surface area contributed by atoms with Gasteiger partial charge in [0, 0.05) is 13.5 Å². The zero-order valence-corrected chi connectivity index (χ0v) is 13.9. The van der Waals surface area contributed by atoms with Crippen LogP contribution in [-0.4, -0.2) is 48.9 Å². The minimum Gasteiger partial charge on any atom is -0.489 e. The van der Waals surface area contributed by atoms with E-state index in [-0.39, 0.29) is 37.7 Å². The smallest absolute Gasteiger partial charge is 0.240 e. The largest absolute Gasteiger partial charge is 0.489 e. The van der Waals surface area contributed by atoms with Crippen molar-refractivity contribution in [2.24, 2.45) is 0 Å². The zero-order chi connectivity index (χ0) is 17.2. The van der Waals surface area contributed by atoms with Gasteiger partial charge in [-0.25, -0.2) is 0 Å². The van der Waals surface area contributed by atoms with E-state index in [1.54, 1.807) is 31.2 Å². The summed E-state index contributed by atoms with van der Waals surface area (Å²) in [5.74, 6) is -0.0835. The minimum absolute atomic E-state index is 0.0727. The summed E-state index contributed by atoms with van der Waals surface area (Å²) in [7, 11) is 0. The fourth-order valence-corrected chi connectivity index (χ4v) is 1.86. The third-order valence-corrected chi connectivity index (χ3v) is 3.12. The Kier molecular flexibility index (Phi) is 8.39. The molecule has 0 aromatic heterocycles. The van der Waals surface area contributed by atoms with Crippen LogP contribution in [0.1, 0.15) is 13.8 Å². The normalized spacial score (nSPS) is 13.0. The Bertz CT molecular complexity index is 527. The summed E-state index contributed by atoms with van der Waals surface area (Å²) in [6.45, 7) is 3.28. The standard InChI is InChI=1S/C15H22ClN3O4/c1-10(19-15(22)8-18-11(2)20)17-7-12(21)9-23-14-6-4-3-5-13(14)16/h3-6,10,12,17,21H,7-9H2,1-2H3,(H,18,20)(H,19,22). The van der Waals surface area contributed by atoms with Crippen LogP contribution in [0.25, 0.3) is 0 Å². The lowest BCUT2D eigenvalue weighted by atomic mass is 10.3. The Hall–Kier alpha value is -1.83. The molecular formula is C15H22ClN3O4. The number of nitrogens with one attached hydrogen (secondary N) is 3. The van der Waals surface area contributed by atoms with Crippen LogP contribution in [0.5, 0.6) is 5.75 Å². The van der Waals surface area contributed by atoms with Gasteiger partial charge in [-0.2, -0.15) is 0 Å². The van der Waals surface area contributed by atoms with E-state index < -0.39 is 6.10 Å². The van der Waals surface area contributed by atoms with Gasteiger partial charge >= 0.3 is 0 Å². The number of para-hydroxylation sites is 1. The molecule has 0 aliphatic carbocycles. The maximum atomic E-state index is 11.5. The van der Waals surface area contributed by atoms with Crippen molar-refractivity contribution in [2.45, 2.75) is 26.1 Å². The summed E-state index contributed by atoms with van der Waals surface area (Å²) < 4.78 is 5.42. The van der Waals surface area contributed by atoms with Gasteiger partial charge in [0.05, 0.1) is 17.7 Å². The molecule has 2 amide bonds. The summed E-state index contributed by atoms with van der Waals surface area (Å²) in [4.78, 5) is 22.2. The van der Waals surface area contributed by atoms with Gasteiger partial charge in [0.25, 0.3) is 0 Å². The maximum absolute atomic E-state index is 11.5. The monoisotopic (exact) mass is 343 g/mol. The number of carbonyl (C=O) groups excluding carboxylic acids is 2. The van der Waals surface area contributed by atoms with Crippen LogP contribution in [0, 0.1) is 0 Å². The Morgan fingerprint density at radius 1 is 1.35 bits per heavy atom.